The van der Waals surface area contributed by atoms with Crippen LogP contribution < -0.4 is 10.2 Å². The first-order valence-electron chi connectivity index (χ1n) is 18.9. The number of hydrogen-bond donors (Lipinski definition) is 1. The van der Waals surface area contributed by atoms with Gasteiger partial charge in [0.25, 0.3) is 0 Å². The fourth-order valence-corrected chi connectivity index (χ4v) is 9.67. The molecule has 6 nitrogen and oxygen atoms in total. The summed E-state index contributed by atoms with van der Waals surface area (Å²) >= 11 is 0. The molecule has 1 N–H and O–H groups in total. The first kappa shape index (κ1) is 30.8. The van der Waals surface area contributed by atoms with E-state index in [0.29, 0.717) is 11.8 Å². The third-order valence-electron chi connectivity index (χ3n) is 12.1. The fraction of sp³-hybridized carbons (Fsp3) is 0.333. The molecule has 6 heteroatoms. The Morgan fingerprint density at radius 2 is 1.75 bits per heavy atom. The quantitative estimate of drug-likeness (QED) is 0.325. The molecule has 0 bridgehead atoms. The van der Waals surface area contributed by atoms with E-state index >= 15 is 0 Å². The van der Waals surface area contributed by atoms with Gasteiger partial charge in [0.15, 0.2) is 0 Å². The molecule has 7 atom stereocenters. The molecular weight excluding hydrogens is 627 g/mol. The van der Waals surface area contributed by atoms with E-state index in [1.807, 2.05) is 0 Å². The Labute approximate surface area is 301 Å². The molecule has 4 heterocycles. The van der Waals surface area contributed by atoms with Crippen LogP contribution in [-0.4, -0.2) is 54.6 Å². The zero-order valence-corrected chi connectivity index (χ0v) is 29.2. The van der Waals surface area contributed by atoms with Gasteiger partial charge < -0.3 is 14.5 Å². The van der Waals surface area contributed by atoms with Crippen molar-refractivity contribution in [1.82, 2.24) is 10.2 Å². The van der Waals surface area contributed by atoms with Crippen LogP contribution in [0.1, 0.15) is 55.6 Å². The van der Waals surface area contributed by atoms with Crippen LogP contribution >= 0.6 is 0 Å². The Hall–Kier alpha value is -4.94. The standard InChI is InChI=1S/C45H45N5O/c1-49-43(30-17-7-3-8-18-30)47-42(48-44(49)31-19-9-4-10-20-31)37-25-32(29-15-5-2-6-16-29)28-46-45(37)50-38-23-13-11-21-33(38)35-26-36-34-22-12-14-24-40(34)51-41(36)27-39(35)50/h2-3,5,7-9,11-15,17-21,23-26,34-35,37,39,41,44-46H,4,6,10,16,22,27-28H2,1H3. The molecule has 0 amide bonds. The zero-order valence-electron chi connectivity index (χ0n) is 29.2. The maximum absolute atomic E-state index is 6.71. The SMILES string of the molecule is CN1C(c2ccccc2)=NC(C2C=C(C3=CC=CCC3)CNC2N2c3ccccc3C3C=C4C(CC32)OC2=CC=CCC24)=NC1C1=CCCC=C1. The lowest BCUT2D eigenvalue weighted by molar-refractivity contribution is 0.151. The van der Waals surface area contributed by atoms with Crippen molar-refractivity contribution < 1.29 is 4.74 Å². The van der Waals surface area contributed by atoms with E-state index in [0.717, 1.165) is 68.1 Å². The Kier molecular flexibility index (Phi) is 7.67. The molecule has 10 rings (SSSR count). The van der Waals surface area contributed by atoms with Crippen LogP contribution in [0.25, 0.3) is 0 Å². The molecule has 51 heavy (non-hydrogen) atoms. The predicted octanol–water partition coefficient (Wildman–Crippen LogP) is 8.29. The molecular formula is C45H45N5O. The van der Waals surface area contributed by atoms with Crippen molar-refractivity contribution in [1.29, 1.82) is 0 Å². The Morgan fingerprint density at radius 3 is 2.61 bits per heavy atom. The van der Waals surface area contributed by atoms with Crippen LogP contribution in [-0.2, 0) is 4.74 Å². The summed E-state index contributed by atoms with van der Waals surface area (Å²) in [5.74, 6) is 3.63. The largest absolute Gasteiger partial charge is 0.490 e. The second-order valence-electron chi connectivity index (χ2n) is 15.0. The minimum Gasteiger partial charge on any atom is -0.490 e. The summed E-state index contributed by atoms with van der Waals surface area (Å²) in [6.07, 6.45) is 31.6. The second-order valence-corrected chi connectivity index (χ2v) is 15.0. The molecule has 1 saturated heterocycles. The molecule has 4 aliphatic heterocycles. The van der Waals surface area contributed by atoms with Gasteiger partial charge >= 0.3 is 0 Å². The highest BCUT2D eigenvalue weighted by Crippen LogP contribution is 2.53. The van der Waals surface area contributed by atoms with Gasteiger partial charge in [-0.1, -0.05) is 109 Å². The minimum absolute atomic E-state index is 0.0244. The van der Waals surface area contributed by atoms with Gasteiger partial charge in [-0.25, -0.2) is 9.98 Å². The summed E-state index contributed by atoms with van der Waals surface area (Å²) in [5.41, 5.74) is 9.35. The average molecular weight is 672 g/mol. The summed E-state index contributed by atoms with van der Waals surface area (Å²) in [6, 6.07) is 20.0. The lowest BCUT2D eigenvalue weighted by atomic mass is 9.77. The number of allylic oxidation sites excluding steroid dienone is 9. The molecule has 8 aliphatic rings. The van der Waals surface area contributed by atoms with E-state index in [4.69, 9.17) is 14.7 Å². The summed E-state index contributed by atoms with van der Waals surface area (Å²) in [5, 5.41) is 4.12. The number of rotatable bonds is 5. The zero-order chi connectivity index (χ0) is 33.9. The highest BCUT2D eigenvalue weighted by Gasteiger charge is 2.51. The molecule has 0 aromatic heterocycles. The average Bonchev–Trinajstić information content (AvgIpc) is 3.72. The molecule has 256 valence electrons. The Morgan fingerprint density at radius 1 is 0.863 bits per heavy atom. The van der Waals surface area contributed by atoms with Crippen LogP contribution in [0.5, 0.6) is 0 Å². The number of benzene rings is 2. The second kappa shape index (κ2) is 12.7. The van der Waals surface area contributed by atoms with E-state index in [1.54, 1.807) is 0 Å². The number of nitrogens with one attached hydrogen (secondary N) is 1. The first-order valence-corrected chi connectivity index (χ1v) is 18.9. The number of fused-ring (bicyclic) bond motifs is 6. The van der Waals surface area contributed by atoms with Crippen molar-refractivity contribution >= 4 is 17.4 Å². The van der Waals surface area contributed by atoms with Gasteiger partial charge in [0, 0.05) is 49.1 Å². The summed E-state index contributed by atoms with van der Waals surface area (Å²) in [7, 11) is 2.15. The van der Waals surface area contributed by atoms with Crippen LogP contribution in [0.4, 0.5) is 5.69 Å². The van der Waals surface area contributed by atoms with Crippen molar-refractivity contribution in [3.63, 3.8) is 0 Å². The van der Waals surface area contributed by atoms with Crippen LogP contribution in [0.3, 0.4) is 0 Å². The number of para-hydroxylation sites is 1. The molecule has 0 spiro atoms. The summed E-state index contributed by atoms with van der Waals surface area (Å²) < 4.78 is 6.71. The molecule has 7 unspecified atom stereocenters. The van der Waals surface area contributed by atoms with Gasteiger partial charge in [0.1, 0.15) is 29.7 Å². The van der Waals surface area contributed by atoms with Crippen LogP contribution in [0, 0.1) is 11.8 Å². The smallest absolute Gasteiger partial charge is 0.149 e. The number of aliphatic imine (C=N–C) groups is 2. The normalized spacial score (nSPS) is 31.9. The number of nitrogens with zero attached hydrogens (tertiary/aromatic N) is 4. The predicted molar refractivity (Wildman–Crippen MR) is 207 cm³/mol. The van der Waals surface area contributed by atoms with Crippen LogP contribution in [0.2, 0.25) is 0 Å². The number of anilines is 1. The van der Waals surface area contributed by atoms with E-state index in [2.05, 4.69) is 144 Å². The van der Waals surface area contributed by atoms with E-state index in [1.165, 1.54) is 33.5 Å². The molecule has 2 aromatic carbocycles. The van der Waals surface area contributed by atoms with E-state index in [9.17, 15) is 0 Å². The monoisotopic (exact) mass is 671 g/mol. The highest BCUT2D eigenvalue weighted by atomic mass is 16.5. The van der Waals surface area contributed by atoms with Gasteiger partial charge in [-0.05, 0) is 72.1 Å². The molecule has 0 radical (unpaired) electrons. The van der Waals surface area contributed by atoms with Crippen LogP contribution in [0.15, 0.2) is 159 Å². The maximum Gasteiger partial charge on any atom is 0.149 e. The lowest BCUT2D eigenvalue weighted by Crippen LogP contribution is -2.59. The summed E-state index contributed by atoms with van der Waals surface area (Å²) in [4.78, 5) is 16.1. The first-order chi connectivity index (χ1) is 25.2. The number of hydrogen-bond acceptors (Lipinski definition) is 6. The molecule has 2 aromatic rings. The van der Waals surface area contributed by atoms with Gasteiger partial charge in [-0.2, -0.15) is 0 Å². The van der Waals surface area contributed by atoms with Gasteiger partial charge in [-0.3, -0.25) is 5.32 Å². The van der Waals surface area contributed by atoms with Crippen molar-refractivity contribution in [2.24, 2.45) is 21.8 Å². The number of ether oxygens (including phenoxy) is 1. The van der Waals surface area contributed by atoms with Gasteiger partial charge in [-0.15, -0.1) is 0 Å². The lowest BCUT2D eigenvalue weighted by Gasteiger charge is -2.45. The van der Waals surface area contributed by atoms with Gasteiger partial charge in [0.05, 0.1) is 12.1 Å². The maximum atomic E-state index is 6.71. The highest BCUT2D eigenvalue weighted by molar-refractivity contribution is 6.09. The minimum atomic E-state index is -0.142. The summed E-state index contributed by atoms with van der Waals surface area (Å²) in [6.45, 7) is 0.818. The Balaban J connectivity index is 1.11. The Bertz CT molecular complexity index is 2060. The van der Waals surface area contributed by atoms with Crippen molar-refractivity contribution in [2.45, 2.75) is 68.9 Å². The third-order valence-corrected chi connectivity index (χ3v) is 12.1. The number of amidine groups is 2. The molecule has 4 aliphatic carbocycles. The van der Waals surface area contributed by atoms with Crippen molar-refractivity contribution in [2.75, 3.05) is 18.5 Å². The third kappa shape index (κ3) is 5.26. The fourth-order valence-electron chi connectivity index (χ4n) is 9.67. The van der Waals surface area contributed by atoms with Gasteiger partial charge in [0.2, 0.25) is 0 Å². The number of likely N-dealkylation sites (N-methyl/N-ethyl adjacent to an activating group) is 1. The van der Waals surface area contributed by atoms with Crippen molar-refractivity contribution in [3.8, 4) is 0 Å². The molecule has 1 fully saturated rings. The topological polar surface area (TPSA) is 52.5 Å². The molecule has 0 saturated carbocycles. The van der Waals surface area contributed by atoms with E-state index < -0.39 is 0 Å². The van der Waals surface area contributed by atoms with Crippen molar-refractivity contribution in [3.05, 3.63) is 161 Å². The van der Waals surface area contributed by atoms with E-state index in [-0.39, 0.29) is 30.4 Å².